The molecule has 2 N–H and O–H groups in total. The molecule has 5 heteroatoms. The van der Waals surface area contributed by atoms with Gasteiger partial charge in [-0.15, -0.1) is 11.3 Å². The van der Waals surface area contributed by atoms with E-state index in [1.165, 1.54) is 17.8 Å². The molecule has 3 aromatic rings. The molecule has 1 aliphatic rings. The van der Waals surface area contributed by atoms with Crippen LogP contribution >= 0.6 is 11.3 Å². The Morgan fingerprint density at radius 1 is 1.17 bits per heavy atom. The summed E-state index contributed by atoms with van der Waals surface area (Å²) in [6.45, 7) is 6.73. The number of aromatic nitrogens is 2. The Kier molecular flexibility index (Phi) is 5.78. The van der Waals surface area contributed by atoms with E-state index in [1.54, 1.807) is 17.5 Å². The fraction of sp³-hybridized carbons (Fsp3) is 0.360. The molecule has 4 rings (SSSR count). The molecule has 0 aliphatic heterocycles. The molecule has 1 fully saturated rings. The highest BCUT2D eigenvalue weighted by Gasteiger charge is 2.23. The summed E-state index contributed by atoms with van der Waals surface area (Å²) in [6, 6.07) is 10.1. The van der Waals surface area contributed by atoms with Gasteiger partial charge in [-0.25, -0.2) is 9.97 Å². The Labute approximate surface area is 182 Å². The van der Waals surface area contributed by atoms with Crippen LogP contribution < -0.4 is 10.5 Å². The highest BCUT2D eigenvalue weighted by Crippen LogP contribution is 2.36. The zero-order valence-corrected chi connectivity index (χ0v) is 18.6. The maximum absolute atomic E-state index is 6.07. The van der Waals surface area contributed by atoms with Gasteiger partial charge in [0, 0.05) is 35.4 Å². The molecule has 154 valence electrons. The van der Waals surface area contributed by atoms with E-state index in [4.69, 9.17) is 10.5 Å². The van der Waals surface area contributed by atoms with Crippen molar-refractivity contribution in [2.45, 2.75) is 46.6 Å². The highest BCUT2D eigenvalue weighted by molar-refractivity contribution is 7.15. The van der Waals surface area contributed by atoms with Crippen molar-refractivity contribution in [1.29, 1.82) is 0 Å². The second-order valence-electron chi connectivity index (χ2n) is 8.86. The summed E-state index contributed by atoms with van der Waals surface area (Å²) in [7, 11) is 0. The van der Waals surface area contributed by atoms with E-state index in [2.05, 4.69) is 48.6 Å². The van der Waals surface area contributed by atoms with Crippen molar-refractivity contribution in [1.82, 2.24) is 9.97 Å². The third-order valence-corrected chi connectivity index (χ3v) is 5.85. The fourth-order valence-electron chi connectivity index (χ4n) is 2.97. The van der Waals surface area contributed by atoms with Crippen molar-refractivity contribution in [3.63, 3.8) is 0 Å². The first-order valence-electron chi connectivity index (χ1n) is 10.3. The normalized spacial score (nSPS) is 13.6. The van der Waals surface area contributed by atoms with Gasteiger partial charge >= 0.3 is 0 Å². The molecule has 0 unspecified atom stereocenters. The number of nitrogens with zero attached hydrogens (tertiary/aromatic N) is 2. The smallest absolute Gasteiger partial charge is 0.166 e. The molecule has 4 nitrogen and oxygen atoms in total. The average Bonchev–Trinajstić information content (AvgIpc) is 3.40. The average molecular weight is 418 g/mol. The summed E-state index contributed by atoms with van der Waals surface area (Å²) in [5, 5.41) is 1.19. The monoisotopic (exact) mass is 417 g/mol. The minimum absolute atomic E-state index is 0.0256. The zero-order valence-electron chi connectivity index (χ0n) is 17.7. The topological polar surface area (TPSA) is 61.0 Å². The molecule has 0 atom stereocenters. The molecule has 1 aromatic carbocycles. The Hall–Kier alpha value is -2.84. The second kappa shape index (κ2) is 8.49. The van der Waals surface area contributed by atoms with Crippen LogP contribution in [0.4, 0.5) is 5.82 Å². The van der Waals surface area contributed by atoms with Gasteiger partial charge in [0.05, 0.1) is 9.88 Å². The van der Waals surface area contributed by atoms with Crippen molar-refractivity contribution in [3.05, 3.63) is 58.9 Å². The molecule has 0 spiro atoms. The molecular weight excluding hydrogens is 390 g/mol. The van der Waals surface area contributed by atoms with Gasteiger partial charge in [-0.3, -0.25) is 0 Å². The Morgan fingerprint density at radius 3 is 2.77 bits per heavy atom. The van der Waals surface area contributed by atoms with E-state index in [1.807, 2.05) is 30.5 Å². The molecule has 0 bridgehead atoms. The van der Waals surface area contributed by atoms with Crippen LogP contribution in [0.3, 0.4) is 0 Å². The molecule has 1 aliphatic carbocycles. The first-order chi connectivity index (χ1) is 14.4. The van der Waals surface area contributed by atoms with Crippen molar-refractivity contribution in [2.75, 3.05) is 5.73 Å². The number of benzene rings is 1. The number of hydrogen-bond donors (Lipinski definition) is 1. The number of nitrogen functional groups attached to an aromatic ring is 1. The predicted molar refractivity (Wildman–Crippen MR) is 123 cm³/mol. The van der Waals surface area contributed by atoms with E-state index in [0.29, 0.717) is 18.2 Å². The van der Waals surface area contributed by atoms with Crippen molar-refractivity contribution >= 4 is 17.2 Å². The summed E-state index contributed by atoms with van der Waals surface area (Å²) in [5.74, 6) is 8.32. The lowest BCUT2D eigenvalue weighted by Gasteiger charge is -2.10. The Bertz CT molecular complexity index is 1100. The molecule has 0 amide bonds. The Morgan fingerprint density at radius 2 is 2.00 bits per heavy atom. The van der Waals surface area contributed by atoms with Gasteiger partial charge in [-0.05, 0) is 63.3 Å². The van der Waals surface area contributed by atoms with Crippen LogP contribution in [0.5, 0.6) is 5.75 Å². The van der Waals surface area contributed by atoms with Crippen LogP contribution in [0.25, 0.3) is 10.4 Å². The van der Waals surface area contributed by atoms with Crippen molar-refractivity contribution < 1.29 is 4.74 Å². The number of thiazole rings is 1. The van der Waals surface area contributed by atoms with Crippen LogP contribution in [0.1, 0.15) is 49.7 Å². The minimum atomic E-state index is -0.0256. The van der Waals surface area contributed by atoms with E-state index < -0.39 is 0 Å². The zero-order chi connectivity index (χ0) is 21.1. The van der Waals surface area contributed by atoms with Crippen molar-refractivity contribution in [2.24, 2.45) is 11.3 Å². The molecule has 0 saturated heterocycles. The quantitative estimate of drug-likeness (QED) is 0.521. The third kappa shape index (κ3) is 5.61. The lowest BCUT2D eigenvalue weighted by molar-refractivity contribution is 0.307. The summed E-state index contributed by atoms with van der Waals surface area (Å²) in [6.07, 6.45) is 7.47. The van der Waals surface area contributed by atoms with E-state index in [0.717, 1.165) is 33.9 Å². The van der Waals surface area contributed by atoms with Crippen LogP contribution in [0.15, 0.2) is 42.7 Å². The van der Waals surface area contributed by atoms with Gasteiger partial charge in [-0.1, -0.05) is 24.0 Å². The minimum Gasteiger partial charge on any atom is -0.485 e. The molecule has 1 saturated carbocycles. The highest BCUT2D eigenvalue weighted by atomic mass is 32.1. The van der Waals surface area contributed by atoms with Crippen LogP contribution in [0.2, 0.25) is 0 Å². The number of rotatable bonds is 6. The maximum atomic E-state index is 6.07. The number of anilines is 1. The van der Waals surface area contributed by atoms with E-state index in [-0.39, 0.29) is 5.41 Å². The standard InChI is InChI=1S/C25H27N3OS/c1-25(2,3)10-9-17-5-4-6-19(11-17)16-29-21-13-20(14-28-24(21)26)22-15-27-23(30-22)12-18-7-8-18/h4-6,11,13-15,18H,7-8,12,16H2,1-3H3,(H2,26,28). The van der Waals surface area contributed by atoms with Gasteiger partial charge < -0.3 is 10.5 Å². The lowest BCUT2D eigenvalue weighted by Crippen LogP contribution is -2.01. The number of nitrogens with two attached hydrogens (primary N) is 1. The van der Waals surface area contributed by atoms with Gasteiger partial charge in [0.15, 0.2) is 11.6 Å². The molecule has 2 heterocycles. The first-order valence-corrected chi connectivity index (χ1v) is 11.1. The van der Waals surface area contributed by atoms with Gasteiger partial charge in [0.2, 0.25) is 0 Å². The van der Waals surface area contributed by atoms with Crippen LogP contribution in [-0.2, 0) is 13.0 Å². The van der Waals surface area contributed by atoms with Crippen LogP contribution in [0, 0.1) is 23.2 Å². The third-order valence-electron chi connectivity index (χ3n) is 4.78. The summed E-state index contributed by atoms with van der Waals surface area (Å²) in [4.78, 5) is 10.0. The molecule has 0 radical (unpaired) electrons. The number of ether oxygens (including phenoxy) is 1. The van der Waals surface area contributed by atoms with Crippen molar-refractivity contribution in [3.8, 4) is 28.0 Å². The van der Waals surface area contributed by atoms with Gasteiger partial charge in [0.1, 0.15) is 6.61 Å². The lowest BCUT2D eigenvalue weighted by atomic mass is 9.97. The summed E-state index contributed by atoms with van der Waals surface area (Å²) >= 11 is 1.73. The maximum Gasteiger partial charge on any atom is 0.166 e. The largest absolute Gasteiger partial charge is 0.485 e. The molecule has 30 heavy (non-hydrogen) atoms. The van der Waals surface area contributed by atoms with Gasteiger partial charge in [0.25, 0.3) is 0 Å². The molecule has 2 aromatic heterocycles. The Balaban J connectivity index is 1.46. The number of pyridine rings is 1. The first kappa shape index (κ1) is 20.4. The summed E-state index contributed by atoms with van der Waals surface area (Å²) in [5.41, 5.74) is 9.06. The van der Waals surface area contributed by atoms with Crippen LogP contribution in [-0.4, -0.2) is 9.97 Å². The second-order valence-corrected chi connectivity index (χ2v) is 9.98. The predicted octanol–water partition coefficient (Wildman–Crippen LogP) is 5.72. The SMILES string of the molecule is CC(C)(C)C#Cc1cccc(COc2cc(-c3cnc(CC4CC4)s3)cnc2N)c1. The van der Waals surface area contributed by atoms with E-state index in [9.17, 15) is 0 Å². The number of hydrogen-bond acceptors (Lipinski definition) is 5. The fourth-order valence-corrected chi connectivity index (χ4v) is 3.99. The van der Waals surface area contributed by atoms with E-state index >= 15 is 0 Å². The molecular formula is C25H27N3OS. The summed E-state index contributed by atoms with van der Waals surface area (Å²) < 4.78 is 6.02. The van der Waals surface area contributed by atoms with Gasteiger partial charge in [-0.2, -0.15) is 0 Å².